The van der Waals surface area contributed by atoms with Crippen LogP contribution in [-0.2, 0) is 13.9 Å². The van der Waals surface area contributed by atoms with Crippen LogP contribution < -0.4 is 5.32 Å². The molecule has 0 fully saturated rings. The van der Waals surface area contributed by atoms with Gasteiger partial charge in [-0.1, -0.05) is 0 Å². The number of nitrogens with one attached hydrogen (secondary N) is 1. The van der Waals surface area contributed by atoms with Crippen molar-refractivity contribution in [2.75, 3.05) is 26.3 Å². The molecule has 0 radical (unpaired) electrons. The summed E-state index contributed by atoms with van der Waals surface area (Å²) in [6, 6.07) is -0.251. The van der Waals surface area contributed by atoms with E-state index >= 15 is 0 Å². The van der Waals surface area contributed by atoms with Crippen molar-refractivity contribution in [3.63, 3.8) is 0 Å². The topological polar surface area (TPSA) is 237 Å². The Bertz CT molecular complexity index is 450. The molecule has 0 aromatic heterocycles. The highest BCUT2D eigenvalue weighted by Crippen LogP contribution is 2.66. The summed E-state index contributed by atoms with van der Waals surface area (Å²) in [6.07, 6.45) is -1.12. The Hall–Kier alpha value is 0.237. The van der Waals surface area contributed by atoms with Gasteiger partial charge in [-0.2, -0.15) is 0 Å². The molecule has 0 saturated carbocycles. The summed E-state index contributed by atoms with van der Waals surface area (Å²) >= 11 is 0. The largest absolute Gasteiger partial charge is 0.492 e. The number of hydrogen-bond acceptors (Lipinski definition) is 9. The van der Waals surface area contributed by atoms with Gasteiger partial charge in [0.1, 0.15) is 0 Å². The molecule has 0 heterocycles. The van der Waals surface area contributed by atoms with Gasteiger partial charge < -0.3 is 54.2 Å². The fourth-order valence-corrected chi connectivity index (χ4v) is 4.08. The third kappa shape index (κ3) is 8.56. The smallest absolute Gasteiger partial charge is 0.390 e. The van der Waals surface area contributed by atoms with E-state index in [1.165, 1.54) is 0 Å². The molecule has 10 N–H and O–H groups in total. The Morgan fingerprint density at radius 1 is 1.08 bits per heavy atom. The molecular formula is C8H23NO12P2Si. The minimum absolute atomic E-state index is 0.0115. The highest BCUT2D eigenvalue weighted by Gasteiger charge is 2.59. The van der Waals surface area contributed by atoms with Crippen molar-refractivity contribution in [3.8, 4) is 0 Å². The zero-order valence-corrected chi connectivity index (χ0v) is 15.3. The molecule has 0 aliphatic rings. The molecule has 0 aromatic rings. The standard InChI is InChI=1S/C8H23NO12P2Si/c10-7(5-21-2-1-3-24(18,19)20)4-9-6-8(11,22(12,13)14)23(15,16)17/h7,9-11,18-20H,1-6H2,(H2,12,13,14)(H2,15,16,17). The second-order valence-corrected chi connectivity index (χ2v) is 11.2. The van der Waals surface area contributed by atoms with Crippen LogP contribution in [0.2, 0.25) is 6.04 Å². The van der Waals surface area contributed by atoms with E-state index in [0.29, 0.717) is 0 Å². The molecule has 0 bridgehead atoms. The maximum atomic E-state index is 11.1. The lowest BCUT2D eigenvalue weighted by molar-refractivity contribution is 0.0340. The molecule has 1 unspecified atom stereocenters. The number of ether oxygens (including phenoxy) is 1. The van der Waals surface area contributed by atoms with E-state index in [4.69, 9.17) is 38.7 Å². The van der Waals surface area contributed by atoms with Crippen LogP contribution in [0.4, 0.5) is 0 Å². The second-order valence-electron chi connectivity index (χ2n) is 5.10. The van der Waals surface area contributed by atoms with Crippen molar-refractivity contribution >= 4 is 24.0 Å². The van der Waals surface area contributed by atoms with Crippen molar-refractivity contribution in [2.24, 2.45) is 0 Å². The summed E-state index contributed by atoms with van der Waals surface area (Å²) in [5, 5.41) is 17.6. The molecule has 0 aliphatic heterocycles. The van der Waals surface area contributed by atoms with Crippen LogP contribution in [0.15, 0.2) is 0 Å². The van der Waals surface area contributed by atoms with Crippen LogP contribution in [-0.4, -0.2) is 90.5 Å². The van der Waals surface area contributed by atoms with Gasteiger partial charge in [0.2, 0.25) is 0 Å². The molecule has 0 spiro atoms. The molecule has 13 nitrogen and oxygen atoms in total. The minimum Gasteiger partial charge on any atom is -0.390 e. The Kier molecular flexibility index (Phi) is 9.35. The van der Waals surface area contributed by atoms with Gasteiger partial charge in [0.15, 0.2) is 0 Å². The van der Waals surface area contributed by atoms with Gasteiger partial charge in [-0.05, 0) is 6.42 Å². The lowest BCUT2D eigenvalue weighted by Gasteiger charge is -2.29. The SMILES string of the molecule is O=P(O)(O)C(O)(CNCC(O)COCCC[Si](O)(O)O)P(=O)(O)O. The van der Waals surface area contributed by atoms with E-state index in [1.54, 1.807) is 0 Å². The molecule has 0 saturated heterocycles. The summed E-state index contributed by atoms with van der Waals surface area (Å²) in [5.41, 5.74) is 0. The Morgan fingerprint density at radius 2 is 1.58 bits per heavy atom. The highest BCUT2D eigenvalue weighted by atomic mass is 31.2. The fourth-order valence-electron chi connectivity index (χ4n) is 1.47. The molecule has 0 amide bonds. The predicted octanol–water partition coefficient (Wildman–Crippen LogP) is -3.74. The van der Waals surface area contributed by atoms with Crippen LogP contribution in [0, 0.1) is 0 Å². The summed E-state index contributed by atoms with van der Waals surface area (Å²) in [4.78, 5) is 61.8. The van der Waals surface area contributed by atoms with Gasteiger partial charge in [0, 0.05) is 25.7 Å². The van der Waals surface area contributed by atoms with Crippen LogP contribution in [0.1, 0.15) is 6.42 Å². The molecule has 24 heavy (non-hydrogen) atoms. The van der Waals surface area contributed by atoms with E-state index in [1.807, 2.05) is 0 Å². The summed E-state index contributed by atoms with van der Waals surface area (Å²) in [5.74, 6) is 0. The Labute approximate surface area is 138 Å². The van der Waals surface area contributed by atoms with E-state index in [2.05, 4.69) is 5.32 Å². The Balaban J connectivity index is 4.21. The first-order valence-corrected chi connectivity index (χ1v) is 11.8. The molecule has 146 valence electrons. The van der Waals surface area contributed by atoms with E-state index in [9.17, 15) is 19.3 Å². The van der Waals surface area contributed by atoms with Gasteiger partial charge in [-0.25, -0.2) is 0 Å². The number of rotatable bonds is 12. The zero-order valence-electron chi connectivity index (χ0n) is 12.5. The predicted molar refractivity (Wildman–Crippen MR) is 80.6 cm³/mol. The first-order valence-electron chi connectivity index (χ1n) is 6.57. The van der Waals surface area contributed by atoms with E-state index in [-0.39, 0.29) is 25.7 Å². The lowest BCUT2D eigenvalue weighted by atomic mass is 10.3. The van der Waals surface area contributed by atoms with Gasteiger partial charge in [-0.15, -0.1) is 0 Å². The number of aliphatic hydroxyl groups excluding tert-OH is 1. The third-order valence-corrected chi connectivity index (χ3v) is 7.56. The Morgan fingerprint density at radius 3 is 2.00 bits per heavy atom. The van der Waals surface area contributed by atoms with E-state index in [0.717, 1.165) is 0 Å². The first-order chi connectivity index (χ1) is 10.6. The summed E-state index contributed by atoms with van der Waals surface area (Å²) in [7, 11) is -15.3. The lowest BCUT2D eigenvalue weighted by Crippen LogP contribution is -2.43. The van der Waals surface area contributed by atoms with Gasteiger partial charge in [0.05, 0.1) is 12.7 Å². The minimum atomic E-state index is -5.57. The van der Waals surface area contributed by atoms with Crippen LogP contribution in [0.5, 0.6) is 0 Å². The van der Waals surface area contributed by atoms with Crippen molar-refractivity contribution < 1.29 is 58.0 Å². The summed E-state index contributed by atoms with van der Waals surface area (Å²) in [6.45, 7) is -1.87. The van der Waals surface area contributed by atoms with E-state index < -0.39 is 48.3 Å². The summed E-state index contributed by atoms with van der Waals surface area (Å²) < 4.78 is 27.1. The average molecular weight is 415 g/mol. The monoisotopic (exact) mass is 415 g/mol. The first kappa shape index (κ1) is 24.2. The molecule has 16 heteroatoms. The molecule has 0 rings (SSSR count). The van der Waals surface area contributed by atoms with Crippen LogP contribution >= 0.6 is 15.2 Å². The van der Waals surface area contributed by atoms with Crippen molar-refractivity contribution in [1.29, 1.82) is 0 Å². The number of aliphatic hydroxyl groups is 2. The molecule has 1 atom stereocenters. The van der Waals surface area contributed by atoms with Crippen LogP contribution in [0.3, 0.4) is 0 Å². The molecule has 0 aromatic carbocycles. The molecular weight excluding hydrogens is 392 g/mol. The highest BCUT2D eigenvalue weighted by molar-refractivity contribution is 7.72. The average Bonchev–Trinajstić information content (AvgIpc) is 2.34. The third-order valence-electron chi connectivity index (χ3n) is 2.79. The normalized spacial score (nSPS) is 15.5. The van der Waals surface area contributed by atoms with Crippen LogP contribution in [0.25, 0.3) is 0 Å². The van der Waals surface area contributed by atoms with Gasteiger partial charge >= 0.3 is 24.0 Å². The quantitative estimate of drug-likeness (QED) is 0.0838. The van der Waals surface area contributed by atoms with Crippen molar-refractivity contribution in [1.82, 2.24) is 5.32 Å². The maximum Gasteiger partial charge on any atom is 0.492 e. The van der Waals surface area contributed by atoms with Crippen molar-refractivity contribution in [2.45, 2.75) is 23.7 Å². The van der Waals surface area contributed by atoms with Gasteiger partial charge in [-0.3, -0.25) is 9.13 Å². The molecule has 0 aliphatic carbocycles. The zero-order chi connectivity index (χ0) is 19.2. The van der Waals surface area contributed by atoms with Crippen molar-refractivity contribution in [3.05, 3.63) is 0 Å². The fraction of sp³-hybridized carbons (Fsp3) is 1.00. The maximum absolute atomic E-state index is 11.1. The second kappa shape index (κ2) is 9.25. The van der Waals surface area contributed by atoms with Gasteiger partial charge in [0.25, 0.3) is 5.08 Å². The number of hydrogen-bond donors (Lipinski definition) is 10.